The van der Waals surface area contributed by atoms with Gasteiger partial charge in [0.1, 0.15) is 11.6 Å². The molecule has 1 aromatic heterocycles. The summed E-state index contributed by atoms with van der Waals surface area (Å²) in [5, 5.41) is 1.20. The summed E-state index contributed by atoms with van der Waals surface area (Å²) in [7, 11) is 1.64. The molecule has 0 atom stereocenters. The SMILES string of the molecule is COc1ccc(/C=C/c2nc3ccccc3c(=O)n2-c2ccc(Cl)cc2C)cc1. The molecule has 4 aromatic rings. The number of fused-ring (bicyclic) bond motifs is 1. The van der Waals surface area contributed by atoms with Gasteiger partial charge in [-0.1, -0.05) is 41.9 Å². The molecule has 0 aliphatic carbocycles. The number of methoxy groups -OCH3 is 1. The van der Waals surface area contributed by atoms with Crippen molar-refractivity contribution in [2.75, 3.05) is 7.11 Å². The molecule has 5 heteroatoms. The monoisotopic (exact) mass is 402 g/mol. The maximum absolute atomic E-state index is 13.3. The molecule has 29 heavy (non-hydrogen) atoms. The van der Waals surface area contributed by atoms with Gasteiger partial charge in [0.15, 0.2) is 0 Å². The minimum Gasteiger partial charge on any atom is -0.497 e. The Kier molecular flexibility index (Phi) is 5.19. The van der Waals surface area contributed by atoms with Crippen molar-refractivity contribution in [3.05, 3.63) is 99.1 Å². The summed E-state index contributed by atoms with van der Waals surface area (Å²) in [6, 6.07) is 20.5. The molecule has 0 N–H and O–H groups in total. The van der Waals surface area contributed by atoms with Gasteiger partial charge in [0.2, 0.25) is 0 Å². The number of rotatable bonds is 4. The third-order valence-electron chi connectivity index (χ3n) is 4.74. The lowest BCUT2D eigenvalue weighted by Gasteiger charge is -2.14. The zero-order valence-corrected chi connectivity index (χ0v) is 16.9. The van der Waals surface area contributed by atoms with Crippen molar-refractivity contribution in [2.45, 2.75) is 6.92 Å². The number of hydrogen-bond donors (Lipinski definition) is 0. The first-order valence-corrected chi connectivity index (χ1v) is 9.55. The second-order valence-corrected chi connectivity index (χ2v) is 7.10. The highest BCUT2D eigenvalue weighted by Crippen LogP contribution is 2.21. The van der Waals surface area contributed by atoms with Gasteiger partial charge in [-0.05, 0) is 66.6 Å². The summed E-state index contributed by atoms with van der Waals surface area (Å²) in [5.41, 5.74) is 3.18. The molecule has 0 spiro atoms. The fourth-order valence-electron chi connectivity index (χ4n) is 3.25. The largest absolute Gasteiger partial charge is 0.497 e. The highest BCUT2D eigenvalue weighted by atomic mass is 35.5. The van der Waals surface area contributed by atoms with E-state index in [2.05, 4.69) is 0 Å². The highest BCUT2D eigenvalue weighted by Gasteiger charge is 2.13. The summed E-state index contributed by atoms with van der Waals surface area (Å²) < 4.78 is 6.84. The van der Waals surface area contributed by atoms with E-state index >= 15 is 0 Å². The van der Waals surface area contributed by atoms with Crippen LogP contribution in [0.2, 0.25) is 5.02 Å². The quantitative estimate of drug-likeness (QED) is 0.451. The van der Waals surface area contributed by atoms with Crippen LogP contribution in [0.3, 0.4) is 0 Å². The molecule has 4 nitrogen and oxygen atoms in total. The minimum absolute atomic E-state index is 0.115. The summed E-state index contributed by atoms with van der Waals surface area (Å²) >= 11 is 6.12. The molecule has 0 bridgehead atoms. The topological polar surface area (TPSA) is 44.1 Å². The standard InChI is InChI=1S/C24H19ClN2O2/c1-16-15-18(25)10-13-22(16)27-23(14-9-17-7-11-19(29-2)12-8-17)26-21-6-4-3-5-20(21)24(27)28/h3-15H,1-2H3/b14-9+. The van der Waals surface area contributed by atoms with Crippen LogP contribution in [-0.2, 0) is 0 Å². The first kappa shape index (κ1) is 19.0. The maximum atomic E-state index is 13.3. The van der Waals surface area contributed by atoms with Crippen LogP contribution >= 0.6 is 11.6 Å². The van der Waals surface area contributed by atoms with E-state index in [0.717, 1.165) is 22.6 Å². The highest BCUT2D eigenvalue weighted by molar-refractivity contribution is 6.30. The van der Waals surface area contributed by atoms with E-state index < -0.39 is 0 Å². The van der Waals surface area contributed by atoms with Crippen molar-refractivity contribution >= 4 is 34.7 Å². The fourth-order valence-corrected chi connectivity index (χ4v) is 3.48. The van der Waals surface area contributed by atoms with Crippen molar-refractivity contribution < 1.29 is 4.74 Å². The van der Waals surface area contributed by atoms with Crippen LogP contribution in [0, 0.1) is 6.92 Å². The Balaban J connectivity index is 1.91. The number of ether oxygens (including phenoxy) is 1. The third-order valence-corrected chi connectivity index (χ3v) is 4.98. The summed E-state index contributed by atoms with van der Waals surface area (Å²) in [6.45, 7) is 1.93. The minimum atomic E-state index is -0.115. The predicted molar refractivity (Wildman–Crippen MR) is 119 cm³/mol. The van der Waals surface area contributed by atoms with Crippen molar-refractivity contribution in [1.82, 2.24) is 9.55 Å². The molecular weight excluding hydrogens is 384 g/mol. The first-order valence-electron chi connectivity index (χ1n) is 9.17. The van der Waals surface area contributed by atoms with Crippen LogP contribution in [0.15, 0.2) is 71.5 Å². The number of aryl methyl sites for hydroxylation is 1. The Morgan fingerprint density at radius 2 is 1.76 bits per heavy atom. The van der Waals surface area contributed by atoms with Crippen molar-refractivity contribution in [3.8, 4) is 11.4 Å². The van der Waals surface area contributed by atoms with Crippen LogP contribution in [0.4, 0.5) is 0 Å². The van der Waals surface area contributed by atoms with Gasteiger partial charge in [-0.15, -0.1) is 0 Å². The smallest absolute Gasteiger partial charge is 0.266 e. The molecule has 0 amide bonds. The number of nitrogens with zero attached hydrogens (tertiary/aromatic N) is 2. The maximum Gasteiger partial charge on any atom is 0.266 e. The van der Waals surface area contributed by atoms with Gasteiger partial charge in [-0.25, -0.2) is 4.98 Å². The average molecular weight is 403 g/mol. The van der Waals surface area contributed by atoms with E-state index in [1.807, 2.05) is 73.7 Å². The third kappa shape index (κ3) is 3.80. The Morgan fingerprint density at radius 1 is 1.00 bits per heavy atom. The van der Waals surface area contributed by atoms with Gasteiger partial charge in [-0.2, -0.15) is 0 Å². The Morgan fingerprint density at radius 3 is 2.48 bits per heavy atom. The zero-order chi connectivity index (χ0) is 20.4. The summed E-state index contributed by atoms with van der Waals surface area (Å²) in [5.74, 6) is 1.34. The second kappa shape index (κ2) is 7.94. The van der Waals surface area contributed by atoms with Gasteiger partial charge in [0.05, 0.1) is 23.7 Å². The zero-order valence-electron chi connectivity index (χ0n) is 16.1. The molecule has 0 aliphatic heterocycles. The van der Waals surface area contributed by atoms with Gasteiger partial charge in [0.25, 0.3) is 5.56 Å². The van der Waals surface area contributed by atoms with Gasteiger partial charge < -0.3 is 4.74 Å². The van der Waals surface area contributed by atoms with Gasteiger partial charge in [0, 0.05) is 5.02 Å². The molecule has 0 fully saturated rings. The molecule has 0 saturated heterocycles. The fraction of sp³-hybridized carbons (Fsp3) is 0.0833. The van der Waals surface area contributed by atoms with E-state index in [1.165, 1.54) is 0 Å². The number of aromatic nitrogens is 2. The lowest BCUT2D eigenvalue weighted by molar-refractivity contribution is 0.415. The lowest BCUT2D eigenvalue weighted by Crippen LogP contribution is -2.23. The van der Waals surface area contributed by atoms with Crippen molar-refractivity contribution in [1.29, 1.82) is 0 Å². The van der Waals surface area contributed by atoms with E-state index in [1.54, 1.807) is 23.8 Å². The molecule has 0 unspecified atom stereocenters. The van der Waals surface area contributed by atoms with E-state index in [0.29, 0.717) is 21.7 Å². The van der Waals surface area contributed by atoms with E-state index in [9.17, 15) is 4.79 Å². The molecule has 0 saturated carbocycles. The van der Waals surface area contributed by atoms with E-state index in [4.69, 9.17) is 21.3 Å². The molecule has 4 rings (SSSR count). The molecule has 144 valence electrons. The summed E-state index contributed by atoms with van der Waals surface area (Å²) in [4.78, 5) is 18.1. The Bertz CT molecular complexity index is 1270. The average Bonchev–Trinajstić information content (AvgIpc) is 2.73. The first-order chi connectivity index (χ1) is 14.1. The predicted octanol–water partition coefficient (Wildman–Crippen LogP) is 5.53. The number of hydrogen-bond acceptors (Lipinski definition) is 3. The van der Waals surface area contributed by atoms with Crippen molar-refractivity contribution in [2.24, 2.45) is 0 Å². The van der Waals surface area contributed by atoms with Crippen LogP contribution in [0.5, 0.6) is 5.75 Å². The molecular formula is C24H19ClN2O2. The van der Waals surface area contributed by atoms with Crippen LogP contribution < -0.4 is 10.3 Å². The lowest BCUT2D eigenvalue weighted by atomic mass is 10.1. The van der Waals surface area contributed by atoms with Crippen molar-refractivity contribution in [3.63, 3.8) is 0 Å². The Labute approximate surface area is 173 Å². The van der Waals surface area contributed by atoms with Gasteiger partial charge >= 0.3 is 0 Å². The molecule has 0 aliphatic rings. The molecule has 1 heterocycles. The summed E-state index contributed by atoms with van der Waals surface area (Å²) in [6.07, 6.45) is 3.78. The number of para-hydroxylation sites is 1. The van der Waals surface area contributed by atoms with Crippen LogP contribution in [0.1, 0.15) is 17.0 Å². The van der Waals surface area contributed by atoms with Gasteiger partial charge in [-0.3, -0.25) is 9.36 Å². The normalized spacial score (nSPS) is 11.3. The van der Waals surface area contributed by atoms with Crippen LogP contribution in [0.25, 0.3) is 28.7 Å². The number of benzene rings is 3. The molecule has 0 radical (unpaired) electrons. The number of halogens is 1. The van der Waals surface area contributed by atoms with E-state index in [-0.39, 0.29) is 5.56 Å². The molecule has 3 aromatic carbocycles. The van der Waals surface area contributed by atoms with Crippen LogP contribution in [-0.4, -0.2) is 16.7 Å². The Hall–Kier alpha value is -3.37. The second-order valence-electron chi connectivity index (χ2n) is 6.67.